The maximum absolute atomic E-state index is 12.4. The van der Waals surface area contributed by atoms with Crippen LogP contribution in [0.1, 0.15) is 25.8 Å². The Kier molecular flexibility index (Phi) is 5.87. The summed E-state index contributed by atoms with van der Waals surface area (Å²) in [6.07, 6.45) is -4.88. The Morgan fingerprint density at radius 1 is 1.29 bits per heavy atom. The van der Waals surface area contributed by atoms with Crippen molar-refractivity contribution in [3.8, 4) is 11.5 Å². The van der Waals surface area contributed by atoms with Crippen molar-refractivity contribution in [2.45, 2.75) is 33.1 Å². The first kappa shape index (κ1) is 17.1. The van der Waals surface area contributed by atoms with Gasteiger partial charge in [-0.25, -0.2) is 0 Å². The predicted octanol–water partition coefficient (Wildman–Crippen LogP) is 3.64. The van der Waals surface area contributed by atoms with Crippen LogP contribution in [-0.2, 0) is 11.2 Å². The average molecular weight is 306 g/mol. The number of carboxylic acids is 1. The Labute approximate surface area is 120 Å². The van der Waals surface area contributed by atoms with Crippen LogP contribution in [0.4, 0.5) is 13.2 Å². The number of halogens is 3. The van der Waals surface area contributed by atoms with Gasteiger partial charge in [0.05, 0.1) is 6.61 Å². The van der Waals surface area contributed by atoms with Crippen LogP contribution < -0.4 is 9.47 Å². The molecule has 0 radical (unpaired) electrons. The Bertz CT molecular complexity index is 484. The Morgan fingerprint density at radius 2 is 1.95 bits per heavy atom. The van der Waals surface area contributed by atoms with Crippen molar-refractivity contribution in [2.75, 3.05) is 6.61 Å². The molecule has 0 aliphatic carbocycles. The van der Waals surface area contributed by atoms with Gasteiger partial charge in [-0.05, 0) is 30.0 Å². The van der Waals surface area contributed by atoms with E-state index in [1.165, 1.54) is 12.1 Å². The van der Waals surface area contributed by atoms with E-state index in [1.54, 1.807) is 0 Å². The monoisotopic (exact) mass is 306 g/mol. The highest BCUT2D eigenvalue weighted by Crippen LogP contribution is 2.33. The third kappa shape index (κ3) is 6.87. The first-order valence-corrected chi connectivity index (χ1v) is 6.40. The number of hydrogen-bond donors (Lipinski definition) is 1. The van der Waals surface area contributed by atoms with Crippen molar-refractivity contribution in [1.82, 2.24) is 0 Å². The van der Waals surface area contributed by atoms with E-state index in [0.29, 0.717) is 5.56 Å². The molecule has 0 bridgehead atoms. The maximum Gasteiger partial charge on any atom is 0.573 e. The van der Waals surface area contributed by atoms with E-state index in [2.05, 4.69) is 4.74 Å². The summed E-state index contributed by atoms with van der Waals surface area (Å²) in [5.41, 5.74) is 0.438. The Balaban J connectivity index is 2.93. The zero-order valence-electron chi connectivity index (χ0n) is 11.7. The topological polar surface area (TPSA) is 55.8 Å². The van der Waals surface area contributed by atoms with Crippen LogP contribution in [0.25, 0.3) is 0 Å². The van der Waals surface area contributed by atoms with Crippen LogP contribution >= 0.6 is 0 Å². The number of aryl methyl sites for hydroxylation is 1. The summed E-state index contributed by atoms with van der Waals surface area (Å²) in [5.74, 6) is -1.34. The fourth-order valence-electron chi connectivity index (χ4n) is 1.54. The number of aliphatic carboxylic acids is 1. The number of rotatable bonds is 7. The van der Waals surface area contributed by atoms with Crippen molar-refractivity contribution < 1.29 is 32.5 Å². The summed E-state index contributed by atoms with van der Waals surface area (Å²) in [6.45, 7) is 3.99. The SMILES string of the molecule is CC(C)COc1ccc(CCC(=O)O)cc1OC(F)(F)F. The molecule has 0 atom stereocenters. The molecule has 118 valence electrons. The Morgan fingerprint density at radius 3 is 2.48 bits per heavy atom. The molecule has 0 saturated heterocycles. The minimum absolute atomic E-state index is 0.0138. The van der Waals surface area contributed by atoms with Crippen LogP contribution in [-0.4, -0.2) is 24.0 Å². The van der Waals surface area contributed by atoms with Gasteiger partial charge >= 0.3 is 12.3 Å². The van der Waals surface area contributed by atoms with Crippen molar-refractivity contribution in [1.29, 1.82) is 0 Å². The molecule has 0 saturated carbocycles. The number of carboxylic acid groups (broad SMARTS) is 1. The largest absolute Gasteiger partial charge is 0.573 e. The van der Waals surface area contributed by atoms with Crippen molar-refractivity contribution in [3.05, 3.63) is 23.8 Å². The molecule has 0 heterocycles. The van der Waals surface area contributed by atoms with Gasteiger partial charge in [0, 0.05) is 6.42 Å². The molecule has 0 spiro atoms. The average Bonchev–Trinajstić information content (AvgIpc) is 2.33. The van der Waals surface area contributed by atoms with Crippen molar-refractivity contribution in [2.24, 2.45) is 5.92 Å². The zero-order chi connectivity index (χ0) is 16.0. The molecule has 1 N–H and O–H groups in total. The van der Waals surface area contributed by atoms with E-state index < -0.39 is 18.1 Å². The number of alkyl halides is 3. The third-order valence-electron chi connectivity index (χ3n) is 2.43. The lowest BCUT2D eigenvalue weighted by Gasteiger charge is -2.16. The summed E-state index contributed by atoms with van der Waals surface area (Å²) in [7, 11) is 0. The lowest BCUT2D eigenvalue weighted by atomic mass is 10.1. The first-order chi connectivity index (χ1) is 9.67. The van der Waals surface area contributed by atoms with Gasteiger partial charge in [-0.2, -0.15) is 0 Å². The van der Waals surface area contributed by atoms with Gasteiger partial charge in [0.2, 0.25) is 0 Å². The second-order valence-corrected chi connectivity index (χ2v) is 4.93. The number of benzene rings is 1. The normalized spacial score (nSPS) is 11.5. The molecule has 0 fully saturated rings. The van der Waals surface area contributed by atoms with E-state index in [9.17, 15) is 18.0 Å². The van der Waals surface area contributed by atoms with Gasteiger partial charge < -0.3 is 14.6 Å². The molecule has 7 heteroatoms. The number of hydrogen-bond acceptors (Lipinski definition) is 3. The molecule has 0 amide bonds. The number of carbonyl (C=O) groups is 1. The molecule has 1 aromatic carbocycles. The van der Waals surface area contributed by atoms with Gasteiger partial charge in [0.1, 0.15) is 0 Å². The van der Waals surface area contributed by atoms with E-state index in [0.717, 1.165) is 6.07 Å². The lowest BCUT2D eigenvalue weighted by Crippen LogP contribution is -2.18. The van der Waals surface area contributed by atoms with Crippen LogP contribution in [0, 0.1) is 5.92 Å². The Hall–Kier alpha value is -1.92. The van der Waals surface area contributed by atoms with Gasteiger partial charge in [-0.3, -0.25) is 4.79 Å². The molecule has 1 aromatic rings. The molecule has 0 aromatic heterocycles. The molecule has 0 aliphatic heterocycles. The van der Waals surface area contributed by atoms with Crippen LogP contribution in [0.3, 0.4) is 0 Å². The highest BCUT2D eigenvalue weighted by molar-refractivity contribution is 5.67. The summed E-state index contributed by atoms with van der Waals surface area (Å²) < 4.78 is 46.4. The smallest absolute Gasteiger partial charge is 0.489 e. The van der Waals surface area contributed by atoms with E-state index >= 15 is 0 Å². The second kappa shape index (κ2) is 7.19. The third-order valence-corrected chi connectivity index (χ3v) is 2.43. The zero-order valence-corrected chi connectivity index (χ0v) is 11.7. The van der Waals surface area contributed by atoms with Crippen molar-refractivity contribution >= 4 is 5.97 Å². The highest BCUT2D eigenvalue weighted by Gasteiger charge is 2.32. The van der Waals surface area contributed by atoms with E-state index in [1.807, 2.05) is 13.8 Å². The van der Waals surface area contributed by atoms with Gasteiger partial charge in [-0.1, -0.05) is 19.9 Å². The van der Waals surface area contributed by atoms with E-state index in [4.69, 9.17) is 9.84 Å². The fraction of sp³-hybridized carbons (Fsp3) is 0.500. The lowest BCUT2D eigenvalue weighted by molar-refractivity contribution is -0.275. The highest BCUT2D eigenvalue weighted by atomic mass is 19.4. The molecule has 0 unspecified atom stereocenters. The maximum atomic E-state index is 12.4. The molecular formula is C14H17F3O4. The van der Waals surface area contributed by atoms with Gasteiger partial charge in [0.15, 0.2) is 11.5 Å². The standard InChI is InChI=1S/C14H17F3O4/c1-9(2)8-20-11-5-3-10(4-6-13(18)19)7-12(11)21-14(15,16)17/h3,5,7,9H,4,6,8H2,1-2H3,(H,18,19). The quantitative estimate of drug-likeness (QED) is 0.835. The number of ether oxygens (including phenoxy) is 2. The van der Waals surface area contributed by atoms with Crippen LogP contribution in [0.5, 0.6) is 11.5 Å². The minimum Gasteiger partial charge on any atom is -0.489 e. The molecule has 1 rings (SSSR count). The first-order valence-electron chi connectivity index (χ1n) is 6.40. The summed E-state index contributed by atoms with van der Waals surface area (Å²) in [4.78, 5) is 10.5. The summed E-state index contributed by atoms with van der Waals surface area (Å²) in [6, 6.07) is 4.05. The van der Waals surface area contributed by atoms with Crippen LogP contribution in [0.15, 0.2) is 18.2 Å². The van der Waals surface area contributed by atoms with Crippen molar-refractivity contribution in [3.63, 3.8) is 0 Å². The minimum atomic E-state index is -4.83. The molecular weight excluding hydrogens is 289 g/mol. The van der Waals surface area contributed by atoms with Gasteiger partial charge in [-0.15, -0.1) is 13.2 Å². The van der Waals surface area contributed by atoms with Gasteiger partial charge in [0.25, 0.3) is 0 Å². The predicted molar refractivity (Wildman–Crippen MR) is 69.4 cm³/mol. The molecule has 0 aliphatic rings. The molecule has 21 heavy (non-hydrogen) atoms. The summed E-state index contributed by atoms with van der Waals surface area (Å²) in [5, 5.41) is 8.59. The fourth-order valence-corrected chi connectivity index (χ4v) is 1.54. The van der Waals surface area contributed by atoms with E-state index in [-0.39, 0.29) is 31.1 Å². The second-order valence-electron chi connectivity index (χ2n) is 4.93. The summed E-state index contributed by atoms with van der Waals surface area (Å²) >= 11 is 0. The van der Waals surface area contributed by atoms with Crippen LogP contribution in [0.2, 0.25) is 0 Å². The molecule has 4 nitrogen and oxygen atoms in total.